The maximum Gasteiger partial charge on any atom is 0.240 e. The Bertz CT molecular complexity index is 447. The molecule has 1 rings (SSSR count). The van der Waals surface area contributed by atoms with E-state index in [0.717, 1.165) is 0 Å². The molecule has 102 valence electrons. The molecule has 0 fully saturated rings. The Morgan fingerprint density at radius 1 is 1.22 bits per heavy atom. The van der Waals surface area contributed by atoms with Crippen molar-refractivity contribution in [1.82, 2.24) is 4.72 Å². The average molecular weight is 294 g/mol. The van der Waals surface area contributed by atoms with E-state index in [1.165, 1.54) is 24.3 Å². The van der Waals surface area contributed by atoms with Gasteiger partial charge in [-0.1, -0.05) is 11.6 Å². The molecule has 0 radical (unpaired) electrons. The molecule has 0 saturated carbocycles. The first-order valence-electron chi connectivity index (χ1n) is 5.50. The first kappa shape index (κ1) is 15.4. The van der Waals surface area contributed by atoms with Gasteiger partial charge in [-0.05, 0) is 30.7 Å². The Kier molecular flexibility index (Phi) is 6.59. The summed E-state index contributed by atoms with van der Waals surface area (Å²) in [7, 11) is -3.48. The first-order valence-corrected chi connectivity index (χ1v) is 7.36. The highest BCUT2D eigenvalue weighted by atomic mass is 35.5. The summed E-state index contributed by atoms with van der Waals surface area (Å²) in [5.41, 5.74) is 0. The Balaban J connectivity index is 2.38. The van der Waals surface area contributed by atoms with E-state index in [2.05, 4.69) is 4.72 Å². The topological polar surface area (TPSA) is 75.6 Å². The van der Waals surface area contributed by atoms with E-state index >= 15 is 0 Å². The summed E-state index contributed by atoms with van der Waals surface area (Å²) in [6, 6.07) is 5.96. The molecule has 0 amide bonds. The SMILES string of the molecule is O=S(=O)(NCCCOCCO)c1ccc(Cl)cc1. The minimum absolute atomic E-state index is 0.0312. The molecule has 0 aliphatic carbocycles. The number of nitrogens with one attached hydrogen (secondary N) is 1. The van der Waals surface area contributed by atoms with Crippen molar-refractivity contribution >= 4 is 21.6 Å². The number of aliphatic hydroxyl groups excluding tert-OH is 1. The third-order valence-corrected chi connectivity index (χ3v) is 3.85. The molecule has 0 unspecified atom stereocenters. The molecule has 0 saturated heterocycles. The molecular formula is C11H16ClNO4S. The van der Waals surface area contributed by atoms with Crippen molar-refractivity contribution in [3.8, 4) is 0 Å². The highest BCUT2D eigenvalue weighted by molar-refractivity contribution is 7.89. The van der Waals surface area contributed by atoms with Gasteiger partial charge in [0.1, 0.15) is 0 Å². The smallest absolute Gasteiger partial charge is 0.240 e. The molecule has 1 aromatic carbocycles. The van der Waals surface area contributed by atoms with E-state index in [-0.39, 0.29) is 24.7 Å². The fourth-order valence-corrected chi connectivity index (χ4v) is 2.44. The molecule has 2 N–H and O–H groups in total. The summed E-state index contributed by atoms with van der Waals surface area (Å²) in [6.45, 7) is 0.931. The highest BCUT2D eigenvalue weighted by Gasteiger charge is 2.12. The second-order valence-corrected chi connectivity index (χ2v) is 5.74. The van der Waals surface area contributed by atoms with Crippen LogP contribution >= 0.6 is 11.6 Å². The molecule has 0 spiro atoms. The summed E-state index contributed by atoms with van der Waals surface area (Å²) in [5, 5.41) is 8.97. The van der Waals surface area contributed by atoms with Gasteiger partial charge >= 0.3 is 0 Å². The van der Waals surface area contributed by atoms with Crippen molar-refractivity contribution in [2.75, 3.05) is 26.4 Å². The molecule has 5 nitrogen and oxygen atoms in total. The molecule has 0 atom stereocenters. The van der Waals surface area contributed by atoms with Gasteiger partial charge in [0.15, 0.2) is 0 Å². The van der Waals surface area contributed by atoms with Crippen LogP contribution in [0.2, 0.25) is 5.02 Å². The van der Waals surface area contributed by atoms with Crippen molar-refractivity contribution in [2.24, 2.45) is 0 Å². The Morgan fingerprint density at radius 2 is 1.89 bits per heavy atom. The maximum atomic E-state index is 11.8. The molecule has 1 aromatic rings. The van der Waals surface area contributed by atoms with Crippen molar-refractivity contribution in [3.05, 3.63) is 29.3 Å². The van der Waals surface area contributed by atoms with Gasteiger partial charge in [0.2, 0.25) is 10.0 Å². The third-order valence-electron chi connectivity index (χ3n) is 2.12. The van der Waals surface area contributed by atoms with Crippen LogP contribution in [0.3, 0.4) is 0 Å². The van der Waals surface area contributed by atoms with Gasteiger partial charge < -0.3 is 9.84 Å². The maximum absolute atomic E-state index is 11.8. The van der Waals surface area contributed by atoms with Gasteiger partial charge in [-0.25, -0.2) is 13.1 Å². The number of halogens is 1. The molecule has 0 aromatic heterocycles. The van der Waals surface area contributed by atoms with Crippen LogP contribution < -0.4 is 4.72 Å². The van der Waals surface area contributed by atoms with Crippen LogP contribution in [0.15, 0.2) is 29.2 Å². The van der Waals surface area contributed by atoms with E-state index in [0.29, 0.717) is 18.1 Å². The minimum Gasteiger partial charge on any atom is -0.394 e. The summed E-state index contributed by atoms with van der Waals surface area (Å²) in [6.07, 6.45) is 0.548. The van der Waals surface area contributed by atoms with E-state index in [4.69, 9.17) is 21.4 Å². The van der Waals surface area contributed by atoms with Gasteiger partial charge in [-0.2, -0.15) is 0 Å². The second kappa shape index (κ2) is 7.70. The summed E-state index contributed by atoms with van der Waals surface area (Å²) in [5.74, 6) is 0. The lowest BCUT2D eigenvalue weighted by Crippen LogP contribution is -2.25. The van der Waals surface area contributed by atoms with Gasteiger partial charge in [-0.15, -0.1) is 0 Å². The molecule has 0 aliphatic rings. The molecular weight excluding hydrogens is 278 g/mol. The zero-order chi connectivity index (χ0) is 13.4. The van der Waals surface area contributed by atoms with Gasteiger partial charge in [0, 0.05) is 18.2 Å². The van der Waals surface area contributed by atoms with Crippen molar-refractivity contribution < 1.29 is 18.3 Å². The average Bonchev–Trinajstić information content (AvgIpc) is 2.34. The molecule has 0 heterocycles. The van der Waals surface area contributed by atoms with E-state index in [1.807, 2.05) is 0 Å². The van der Waals surface area contributed by atoms with Crippen LogP contribution in [0.1, 0.15) is 6.42 Å². The Hall–Kier alpha value is -0.660. The van der Waals surface area contributed by atoms with Crippen molar-refractivity contribution in [1.29, 1.82) is 0 Å². The van der Waals surface area contributed by atoms with Crippen molar-refractivity contribution in [2.45, 2.75) is 11.3 Å². The molecule has 0 aliphatic heterocycles. The number of benzene rings is 1. The fraction of sp³-hybridized carbons (Fsp3) is 0.455. The largest absolute Gasteiger partial charge is 0.394 e. The van der Waals surface area contributed by atoms with Crippen LogP contribution in [0.5, 0.6) is 0 Å². The van der Waals surface area contributed by atoms with Crippen LogP contribution in [-0.2, 0) is 14.8 Å². The van der Waals surface area contributed by atoms with Gasteiger partial charge in [0.05, 0.1) is 18.1 Å². The molecule has 18 heavy (non-hydrogen) atoms. The minimum atomic E-state index is -3.48. The van der Waals surface area contributed by atoms with E-state index in [1.54, 1.807) is 0 Å². The summed E-state index contributed by atoms with van der Waals surface area (Å²) >= 11 is 5.68. The number of hydrogen-bond acceptors (Lipinski definition) is 4. The third kappa shape index (κ3) is 5.32. The predicted molar refractivity (Wildman–Crippen MR) is 69.2 cm³/mol. The number of hydrogen-bond donors (Lipinski definition) is 2. The quantitative estimate of drug-likeness (QED) is 0.702. The lowest BCUT2D eigenvalue weighted by molar-refractivity contribution is 0.0913. The number of ether oxygens (including phenoxy) is 1. The second-order valence-electron chi connectivity index (χ2n) is 3.54. The first-order chi connectivity index (χ1) is 8.56. The summed E-state index contributed by atoms with van der Waals surface area (Å²) in [4.78, 5) is 0.183. The predicted octanol–water partition coefficient (Wildman–Crippen LogP) is 1.02. The van der Waals surface area contributed by atoms with E-state index < -0.39 is 10.0 Å². The lowest BCUT2D eigenvalue weighted by atomic mass is 10.4. The van der Waals surface area contributed by atoms with Gasteiger partial charge in [0.25, 0.3) is 0 Å². The van der Waals surface area contributed by atoms with Crippen LogP contribution in [0.4, 0.5) is 0 Å². The fourth-order valence-electron chi connectivity index (χ4n) is 1.24. The van der Waals surface area contributed by atoms with Gasteiger partial charge in [-0.3, -0.25) is 0 Å². The number of sulfonamides is 1. The Morgan fingerprint density at radius 3 is 2.50 bits per heavy atom. The number of aliphatic hydroxyl groups is 1. The van der Waals surface area contributed by atoms with Crippen molar-refractivity contribution in [3.63, 3.8) is 0 Å². The molecule has 7 heteroatoms. The highest BCUT2D eigenvalue weighted by Crippen LogP contribution is 2.13. The Labute approximate surface area is 112 Å². The lowest BCUT2D eigenvalue weighted by Gasteiger charge is -2.07. The van der Waals surface area contributed by atoms with Crippen LogP contribution in [0.25, 0.3) is 0 Å². The molecule has 0 bridgehead atoms. The van der Waals surface area contributed by atoms with Crippen LogP contribution in [0, 0.1) is 0 Å². The normalized spacial score (nSPS) is 11.7. The number of rotatable bonds is 8. The van der Waals surface area contributed by atoms with Crippen LogP contribution in [-0.4, -0.2) is 39.9 Å². The zero-order valence-electron chi connectivity index (χ0n) is 9.80. The monoisotopic (exact) mass is 293 g/mol. The zero-order valence-corrected chi connectivity index (χ0v) is 11.4. The standard InChI is InChI=1S/C11H16ClNO4S/c12-10-2-4-11(5-3-10)18(15,16)13-6-1-8-17-9-7-14/h2-5,13-14H,1,6-9H2. The summed E-state index contributed by atoms with van der Waals surface area (Å²) < 4.78 is 31.1. The van der Waals surface area contributed by atoms with E-state index in [9.17, 15) is 8.42 Å².